The number of allylic oxidation sites excluding steroid dienone is 7. The predicted octanol–water partition coefficient (Wildman–Crippen LogP) is 5.58. The maximum Gasteiger partial charge on any atom is 0.197 e. The van der Waals surface area contributed by atoms with Crippen molar-refractivity contribution in [1.29, 1.82) is 0 Å². The predicted molar refractivity (Wildman–Crippen MR) is 112 cm³/mol. The quantitative estimate of drug-likeness (QED) is 0.398. The van der Waals surface area contributed by atoms with Crippen molar-refractivity contribution < 1.29 is 19.5 Å². The molecule has 0 unspecified atom stereocenters. The van der Waals surface area contributed by atoms with Gasteiger partial charge in [-0.15, -0.1) is 0 Å². The Balaban J connectivity index is 1.53. The normalized spacial score (nSPS) is 17.3. The molecule has 0 heterocycles. The van der Waals surface area contributed by atoms with E-state index in [4.69, 9.17) is 23.2 Å². The van der Waals surface area contributed by atoms with E-state index in [9.17, 15) is 19.5 Å². The molecule has 0 atom stereocenters. The Morgan fingerprint density at radius 1 is 0.690 bits per heavy atom. The van der Waals surface area contributed by atoms with Gasteiger partial charge >= 0.3 is 0 Å². The molecule has 2 aromatic rings. The molecule has 6 heteroatoms. The van der Waals surface area contributed by atoms with Crippen molar-refractivity contribution in [2.24, 2.45) is 0 Å². The Bertz CT molecular complexity index is 1230. The molecule has 142 valence electrons. The highest BCUT2D eigenvalue weighted by atomic mass is 35.5. The number of halogens is 2. The molecule has 0 radical (unpaired) electrons. The molecule has 0 amide bonds. The Kier molecular flexibility index (Phi) is 4.82. The van der Waals surface area contributed by atoms with Crippen LogP contribution in [0.25, 0.3) is 5.76 Å². The summed E-state index contributed by atoms with van der Waals surface area (Å²) in [5, 5.41) is 11.1. The standard InChI is InChI=1S/C23H12Cl2O4/c24-12-6-8-14-18(10-12)22(28)16(20(14)26)4-2-1-3-5-17-21(27)15-9-7-13(25)11-19(15)23(17)29/h1-11,28H/b3-1+,4-2+,17-5-. The summed E-state index contributed by atoms with van der Waals surface area (Å²) in [6.07, 6.45) is 7.51. The molecule has 0 saturated heterocycles. The van der Waals surface area contributed by atoms with E-state index in [2.05, 4.69) is 0 Å². The van der Waals surface area contributed by atoms with Crippen LogP contribution in [0.2, 0.25) is 10.0 Å². The molecule has 0 aromatic heterocycles. The monoisotopic (exact) mass is 422 g/mol. The van der Waals surface area contributed by atoms with Gasteiger partial charge in [0.15, 0.2) is 17.3 Å². The van der Waals surface area contributed by atoms with Gasteiger partial charge in [-0.3, -0.25) is 14.4 Å². The van der Waals surface area contributed by atoms with Crippen LogP contribution in [0.4, 0.5) is 0 Å². The zero-order valence-electron chi connectivity index (χ0n) is 14.8. The molecule has 4 rings (SSSR count). The summed E-state index contributed by atoms with van der Waals surface area (Å²) in [5.41, 5.74) is 1.60. The molecule has 2 aromatic carbocycles. The Hall–Kier alpha value is -3.21. The van der Waals surface area contributed by atoms with Gasteiger partial charge in [0.2, 0.25) is 0 Å². The van der Waals surface area contributed by atoms with E-state index in [1.807, 2.05) is 0 Å². The zero-order valence-corrected chi connectivity index (χ0v) is 16.3. The molecule has 0 saturated carbocycles. The summed E-state index contributed by atoms with van der Waals surface area (Å²) in [7, 11) is 0. The maximum absolute atomic E-state index is 12.4. The number of hydrogen-bond acceptors (Lipinski definition) is 4. The second-order valence-corrected chi connectivity index (χ2v) is 7.33. The lowest BCUT2D eigenvalue weighted by molar-refractivity contribution is 0.0986. The number of fused-ring (bicyclic) bond motifs is 2. The van der Waals surface area contributed by atoms with Crippen LogP contribution in [0.3, 0.4) is 0 Å². The lowest BCUT2D eigenvalue weighted by Gasteiger charge is -1.98. The molecule has 0 aliphatic heterocycles. The average molecular weight is 423 g/mol. The lowest BCUT2D eigenvalue weighted by atomic mass is 10.1. The summed E-state index contributed by atoms with van der Waals surface area (Å²) in [6, 6.07) is 9.27. The highest BCUT2D eigenvalue weighted by Gasteiger charge is 2.32. The second-order valence-electron chi connectivity index (χ2n) is 6.45. The van der Waals surface area contributed by atoms with Gasteiger partial charge in [0.05, 0.1) is 11.1 Å². The van der Waals surface area contributed by atoms with Gasteiger partial charge in [-0.2, -0.15) is 0 Å². The number of ketones is 3. The Morgan fingerprint density at radius 2 is 1.28 bits per heavy atom. The van der Waals surface area contributed by atoms with Crippen LogP contribution in [0, 0.1) is 0 Å². The number of Topliss-reactive ketones (excluding diaryl/α,β-unsaturated/α-hetero) is 3. The third-order valence-corrected chi connectivity index (χ3v) is 5.16. The Morgan fingerprint density at radius 3 is 1.97 bits per heavy atom. The van der Waals surface area contributed by atoms with E-state index in [-0.39, 0.29) is 34.3 Å². The number of carbonyl (C=O) groups is 3. The first kappa shape index (κ1) is 19.1. The van der Waals surface area contributed by atoms with Crippen molar-refractivity contribution in [2.75, 3.05) is 0 Å². The first-order valence-electron chi connectivity index (χ1n) is 8.60. The summed E-state index contributed by atoms with van der Waals surface area (Å²) in [5.74, 6) is -1.16. The summed E-state index contributed by atoms with van der Waals surface area (Å²) >= 11 is 11.8. The summed E-state index contributed by atoms with van der Waals surface area (Å²) in [4.78, 5) is 37.1. The first-order chi connectivity index (χ1) is 13.9. The minimum Gasteiger partial charge on any atom is -0.507 e. The minimum absolute atomic E-state index is 0.0490. The van der Waals surface area contributed by atoms with E-state index < -0.39 is 0 Å². The molecule has 4 nitrogen and oxygen atoms in total. The lowest BCUT2D eigenvalue weighted by Crippen LogP contribution is -1.99. The van der Waals surface area contributed by atoms with Crippen molar-refractivity contribution in [1.82, 2.24) is 0 Å². The van der Waals surface area contributed by atoms with Crippen LogP contribution in [0.1, 0.15) is 36.6 Å². The van der Waals surface area contributed by atoms with Crippen LogP contribution in [0.15, 0.2) is 77.9 Å². The van der Waals surface area contributed by atoms with Crippen LogP contribution < -0.4 is 0 Å². The van der Waals surface area contributed by atoms with E-state index in [1.165, 1.54) is 36.4 Å². The van der Waals surface area contributed by atoms with Crippen LogP contribution in [0.5, 0.6) is 0 Å². The van der Waals surface area contributed by atoms with Crippen molar-refractivity contribution in [2.45, 2.75) is 0 Å². The molecule has 1 N–H and O–H groups in total. The minimum atomic E-state index is -0.375. The van der Waals surface area contributed by atoms with Gasteiger partial charge in [-0.05, 0) is 48.6 Å². The number of rotatable bonds is 3. The number of aliphatic hydroxyl groups excluding tert-OH is 1. The van der Waals surface area contributed by atoms with Crippen molar-refractivity contribution in [3.63, 3.8) is 0 Å². The SMILES string of the molecule is O=C1C(/C=C/C=C/C=C2/C(=O)c3ccc(Cl)cc3C2=O)=C(O)c2cc(Cl)ccc21. The smallest absolute Gasteiger partial charge is 0.197 e. The fourth-order valence-electron chi connectivity index (χ4n) is 3.28. The van der Waals surface area contributed by atoms with E-state index >= 15 is 0 Å². The van der Waals surface area contributed by atoms with E-state index in [1.54, 1.807) is 30.4 Å². The van der Waals surface area contributed by atoms with Crippen molar-refractivity contribution in [3.05, 3.63) is 110 Å². The molecule has 0 spiro atoms. The molecule has 2 aliphatic carbocycles. The molecular weight excluding hydrogens is 411 g/mol. The Labute approximate surface area is 176 Å². The largest absolute Gasteiger partial charge is 0.507 e. The second kappa shape index (κ2) is 7.32. The molecular formula is C23H12Cl2O4. The third-order valence-electron chi connectivity index (χ3n) is 4.69. The third kappa shape index (κ3) is 3.27. The topological polar surface area (TPSA) is 71.4 Å². The van der Waals surface area contributed by atoms with Crippen LogP contribution in [-0.4, -0.2) is 22.5 Å². The van der Waals surface area contributed by atoms with E-state index in [0.29, 0.717) is 32.3 Å². The molecule has 2 aliphatic rings. The molecule has 0 bridgehead atoms. The number of benzene rings is 2. The van der Waals surface area contributed by atoms with Gasteiger partial charge in [0, 0.05) is 32.3 Å². The summed E-state index contributed by atoms with van der Waals surface area (Å²) in [6.45, 7) is 0. The first-order valence-corrected chi connectivity index (χ1v) is 9.36. The van der Waals surface area contributed by atoms with Crippen LogP contribution >= 0.6 is 23.2 Å². The van der Waals surface area contributed by atoms with Gasteiger partial charge in [-0.1, -0.05) is 41.4 Å². The highest BCUT2D eigenvalue weighted by Crippen LogP contribution is 2.33. The van der Waals surface area contributed by atoms with Gasteiger partial charge < -0.3 is 5.11 Å². The number of aliphatic hydroxyl groups is 1. The number of hydrogen-bond donors (Lipinski definition) is 1. The molecule has 29 heavy (non-hydrogen) atoms. The average Bonchev–Trinajstić information content (AvgIpc) is 3.07. The number of carbonyl (C=O) groups excluding carboxylic acids is 3. The fourth-order valence-corrected chi connectivity index (χ4v) is 3.62. The van der Waals surface area contributed by atoms with Crippen molar-refractivity contribution in [3.8, 4) is 0 Å². The van der Waals surface area contributed by atoms with Crippen LogP contribution in [-0.2, 0) is 0 Å². The summed E-state index contributed by atoms with van der Waals surface area (Å²) < 4.78 is 0. The highest BCUT2D eigenvalue weighted by molar-refractivity contribution is 6.40. The van der Waals surface area contributed by atoms with Gasteiger partial charge in [-0.25, -0.2) is 0 Å². The maximum atomic E-state index is 12.4. The van der Waals surface area contributed by atoms with Gasteiger partial charge in [0.1, 0.15) is 5.76 Å². The zero-order chi connectivity index (χ0) is 20.7. The molecule has 0 fully saturated rings. The van der Waals surface area contributed by atoms with Crippen molar-refractivity contribution >= 4 is 46.3 Å². The van der Waals surface area contributed by atoms with E-state index in [0.717, 1.165) is 0 Å². The fraction of sp³-hybridized carbons (Fsp3) is 0. The van der Waals surface area contributed by atoms with Gasteiger partial charge in [0.25, 0.3) is 0 Å².